The van der Waals surface area contributed by atoms with Crippen molar-refractivity contribution in [2.45, 2.75) is 70.8 Å². The minimum atomic E-state index is -1.23. The minimum absolute atomic E-state index is 0.106. The average molecular weight is 278 g/mol. The summed E-state index contributed by atoms with van der Waals surface area (Å²) in [4.78, 5) is 12.4. The molecule has 20 heavy (non-hydrogen) atoms. The number of aliphatic hydroxyl groups is 1. The predicted molar refractivity (Wildman–Crippen MR) is 78.1 cm³/mol. The summed E-state index contributed by atoms with van der Waals surface area (Å²) in [7, 11) is 0. The van der Waals surface area contributed by atoms with E-state index in [0.717, 1.165) is 44.9 Å². The van der Waals surface area contributed by atoms with E-state index in [1.807, 2.05) is 0 Å². The van der Waals surface area contributed by atoms with Crippen LogP contribution in [0, 0.1) is 35.0 Å². The van der Waals surface area contributed by atoms with Crippen molar-refractivity contribution in [3.8, 4) is 0 Å². The first kappa shape index (κ1) is 11.2. The fourth-order valence-corrected chi connectivity index (χ4v) is 6.17. The number of hydrogen-bond acceptors (Lipinski definition) is 2. The molecular formula is C18H28O2. The second-order valence-electron chi connectivity index (χ2n) is 8.01. The Kier molecular flexibility index (Phi) is 2.56. The first-order valence-corrected chi connectivity index (χ1v) is 8.54. The molecule has 0 bridgehead atoms. The lowest BCUT2D eigenvalue weighted by Gasteiger charge is -2.54. The fourth-order valence-electron chi connectivity index (χ4n) is 6.17. The Labute approximate surface area is 125 Å². The van der Waals surface area contributed by atoms with Crippen molar-refractivity contribution in [1.29, 1.82) is 0 Å². The third kappa shape index (κ3) is 1.76. The number of Topliss-reactive ketones (excluding diaryl/α,β-unsaturated/α-hetero) is 1. The van der Waals surface area contributed by atoms with Crippen LogP contribution in [0.5, 0.6) is 0 Å². The zero-order chi connectivity index (χ0) is 15.7. The summed E-state index contributed by atoms with van der Waals surface area (Å²) in [5.74, 6) is 2.38. The Bertz CT molecular complexity index is 491. The lowest BCUT2D eigenvalue weighted by atomic mass is 9.50. The highest BCUT2D eigenvalue weighted by molar-refractivity contribution is 5.87. The van der Waals surface area contributed by atoms with E-state index in [9.17, 15) is 9.90 Å². The monoisotopic (exact) mass is 278 g/mol. The van der Waals surface area contributed by atoms with Crippen LogP contribution in [0.15, 0.2) is 0 Å². The molecule has 0 aromatic heterocycles. The fraction of sp³-hybridized carbons (Fsp3) is 0.944. The van der Waals surface area contributed by atoms with Gasteiger partial charge in [0.05, 0.1) is 6.10 Å². The maximum atomic E-state index is 12.4. The molecule has 0 aromatic rings. The third-order valence-corrected chi connectivity index (χ3v) is 7.21. The highest BCUT2D eigenvalue weighted by Gasteiger charge is 2.56. The van der Waals surface area contributed by atoms with Crippen LogP contribution in [-0.4, -0.2) is 17.0 Å². The molecule has 0 aromatic carbocycles. The Balaban J connectivity index is 1.65. The number of ketones is 1. The lowest BCUT2D eigenvalue weighted by molar-refractivity contribution is -0.133. The third-order valence-electron chi connectivity index (χ3n) is 7.21. The van der Waals surface area contributed by atoms with Crippen LogP contribution >= 0.6 is 0 Å². The largest absolute Gasteiger partial charge is 0.393 e. The number of carbonyl (C=O) groups excluding carboxylic acids is 1. The van der Waals surface area contributed by atoms with Crippen molar-refractivity contribution < 1.29 is 12.6 Å². The van der Waals surface area contributed by atoms with Gasteiger partial charge in [-0.05, 0) is 80.9 Å². The Hall–Kier alpha value is -0.370. The van der Waals surface area contributed by atoms with Crippen LogP contribution in [0.1, 0.15) is 67.4 Å². The van der Waals surface area contributed by atoms with E-state index >= 15 is 0 Å². The molecule has 4 aliphatic carbocycles. The topological polar surface area (TPSA) is 37.3 Å². The molecule has 112 valence electrons. The molecule has 4 saturated carbocycles. The van der Waals surface area contributed by atoms with E-state index in [0.29, 0.717) is 35.9 Å². The highest BCUT2D eigenvalue weighted by atomic mass is 16.3. The van der Waals surface area contributed by atoms with Crippen molar-refractivity contribution in [2.24, 2.45) is 35.0 Å². The predicted octanol–water partition coefficient (Wildman–Crippen LogP) is 3.57. The van der Waals surface area contributed by atoms with E-state index in [4.69, 9.17) is 2.74 Å². The molecule has 0 aliphatic heterocycles. The van der Waals surface area contributed by atoms with Crippen molar-refractivity contribution in [3.63, 3.8) is 0 Å². The molecule has 0 saturated heterocycles. The summed E-state index contributed by atoms with van der Waals surface area (Å²) in [6, 6.07) is 0. The molecule has 2 nitrogen and oxygen atoms in total. The van der Waals surface area contributed by atoms with Gasteiger partial charge in [0.25, 0.3) is 0 Å². The zero-order valence-electron chi connectivity index (χ0n) is 14.5. The van der Waals surface area contributed by atoms with E-state index < -0.39 is 12.5 Å². The van der Waals surface area contributed by atoms with Gasteiger partial charge in [-0.2, -0.15) is 0 Å². The van der Waals surface area contributed by atoms with Crippen LogP contribution in [0.2, 0.25) is 0 Å². The summed E-state index contributed by atoms with van der Waals surface area (Å²) in [6.45, 7) is 2.18. The van der Waals surface area contributed by atoms with Gasteiger partial charge >= 0.3 is 0 Å². The summed E-state index contributed by atoms with van der Waals surface area (Å²) >= 11 is 0. The average Bonchev–Trinajstić information content (AvgIpc) is 2.73. The van der Waals surface area contributed by atoms with Gasteiger partial charge in [-0.15, -0.1) is 0 Å². The SMILES string of the molecule is [2H]C1([2H])C[C@@H](O)CC2CC[C@@H]3[C@H](CC[C@]4(C)C(=O)CC[C@@H]34)[C@H]21. The summed E-state index contributed by atoms with van der Waals surface area (Å²) in [5, 5.41) is 10.0. The van der Waals surface area contributed by atoms with Crippen molar-refractivity contribution >= 4 is 5.78 Å². The maximum Gasteiger partial charge on any atom is 0.139 e. The molecule has 4 fully saturated rings. The van der Waals surface area contributed by atoms with Gasteiger partial charge in [0.15, 0.2) is 0 Å². The van der Waals surface area contributed by atoms with Gasteiger partial charge in [-0.3, -0.25) is 4.79 Å². The Morgan fingerprint density at radius 3 is 2.85 bits per heavy atom. The molecule has 0 heterocycles. The van der Waals surface area contributed by atoms with Gasteiger partial charge < -0.3 is 5.11 Å². The number of aliphatic hydroxyl groups excluding tert-OH is 1. The maximum absolute atomic E-state index is 12.4. The standard InChI is InChI=1S/C18H28O2/c1-18-9-8-14-13-5-3-12(19)10-11(13)2-4-15(14)16(18)6-7-17(18)20/h11-16,19H,2-10H2,1H3/t11?,12-,13+,14-,15-,16+,18+/m1/s1/i5D2. The van der Waals surface area contributed by atoms with E-state index in [2.05, 4.69) is 6.92 Å². The van der Waals surface area contributed by atoms with Gasteiger partial charge in [-0.1, -0.05) is 6.92 Å². The number of fused-ring (bicyclic) bond motifs is 5. The second-order valence-corrected chi connectivity index (χ2v) is 8.01. The summed E-state index contributed by atoms with van der Waals surface area (Å²) in [5.41, 5.74) is -0.116. The van der Waals surface area contributed by atoms with Crippen molar-refractivity contribution in [3.05, 3.63) is 0 Å². The van der Waals surface area contributed by atoms with Gasteiger partial charge in [0.1, 0.15) is 5.78 Å². The quantitative estimate of drug-likeness (QED) is 0.735. The Morgan fingerprint density at radius 2 is 2.00 bits per heavy atom. The van der Waals surface area contributed by atoms with Crippen LogP contribution in [-0.2, 0) is 4.79 Å². The molecule has 0 radical (unpaired) electrons. The normalized spacial score (nSPS) is 59.0. The molecular weight excluding hydrogens is 248 g/mol. The van der Waals surface area contributed by atoms with Gasteiger partial charge in [-0.25, -0.2) is 0 Å². The smallest absolute Gasteiger partial charge is 0.139 e. The molecule has 1 N–H and O–H groups in total. The summed E-state index contributed by atoms with van der Waals surface area (Å²) in [6.07, 6.45) is 5.32. The van der Waals surface area contributed by atoms with Crippen LogP contribution < -0.4 is 0 Å². The lowest BCUT2D eigenvalue weighted by Crippen LogP contribution is -2.49. The van der Waals surface area contributed by atoms with Gasteiger partial charge in [0, 0.05) is 14.6 Å². The first-order chi connectivity index (χ1) is 10.3. The number of hydrogen-bond donors (Lipinski definition) is 1. The highest BCUT2D eigenvalue weighted by Crippen LogP contribution is 2.61. The van der Waals surface area contributed by atoms with E-state index in [-0.39, 0.29) is 11.3 Å². The molecule has 4 rings (SSSR count). The molecule has 2 heteroatoms. The first-order valence-electron chi connectivity index (χ1n) is 9.54. The van der Waals surface area contributed by atoms with Crippen LogP contribution in [0.25, 0.3) is 0 Å². The van der Waals surface area contributed by atoms with Crippen LogP contribution in [0.3, 0.4) is 0 Å². The van der Waals surface area contributed by atoms with E-state index in [1.54, 1.807) is 0 Å². The van der Waals surface area contributed by atoms with Crippen molar-refractivity contribution in [1.82, 2.24) is 0 Å². The molecule has 0 amide bonds. The van der Waals surface area contributed by atoms with Gasteiger partial charge in [0.2, 0.25) is 0 Å². The van der Waals surface area contributed by atoms with Crippen molar-refractivity contribution in [2.75, 3.05) is 0 Å². The summed E-state index contributed by atoms with van der Waals surface area (Å²) < 4.78 is 17.0. The molecule has 1 unspecified atom stereocenters. The van der Waals surface area contributed by atoms with E-state index in [1.165, 1.54) is 0 Å². The molecule has 4 aliphatic rings. The van der Waals surface area contributed by atoms with Crippen LogP contribution in [0.4, 0.5) is 0 Å². The molecule has 7 atom stereocenters. The zero-order valence-corrected chi connectivity index (χ0v) is 12.5. The second kappa shape index (κ2) is 4.56. The molecule has 0 spiro atoms. The number of rotatable bonds is 0. The minimum Gasteiger partial charge on any atom is -0.393 e. The Morgan fingerprint density at radius 1 is 1.15 bits per heavy atom. The number of carbonyl (C=O) groups is 1.